The molecule has 1 aromatic carbocycles. The van der Waals surface area contributed by atoms with Gasteiger partial charge in [-0.2, -0.15) is 4.80 Å². The number of ether oxygens (including phenoxy) is 2. The Balaban J connectivity index is 1.65. The number of carbonyl (C=O) groups is 2. The Kier molecular flexibility index (Phi) is 7.91. The average molecular weight is 511 g/mol. The summed E-state index contributed by atoms with van der Waals surface area (Å²) in [5.41, 5.74) is 0.163. The fourth-order valence-corrected chi connectivity index (χ4v) is 4.23. The van der Waals surface area contributed by atoms with Gasteiger partial charge >= 0.3 is 0 Å². The van der Waals surface area contributed by atoms with Gasteiger partial charge in [-0.15, -0.1) is 10.2 Å². The highest BCUT2D eigenvalue weighted by molar-refractivity contribution is 5.89. The number of aromatic nitrogens is 4. The molecule has 1 aliphatic heterocycles. The summed E-state index contributed by atoms with van der Waals surface area (Å²) in [5, 5.41) is 15.4. The molecule has 4 rings (SSSR count). The molecule has 0 aliphatic carbocycles. The van der Waals surface area contributed by atoms with E-state index in [1.807, 2.05) is 27.7 Å². The molecule has 198 valence electrons. The van der Waals surface area contributed by atoms with Gasteiger partial charge in [-0.05, 0) is 75.6 Å². The summed E-state index contributed by atoms with van der Waals surface area (Å²) >= 11 is 0. The van der Waals surface area contributed by atoms with Gasteiger partial charge in [0.25, 0.3) is 0 Å². The maximum absolute atomic E-state index is 13.8. The number of hydrogen-bond acceptors (Lipinski definition) is 8. The molecule has 37 heavy (non-hydrogen) atoms. The second kappa shape index (κ2) is 11.1. The molecule has 1 N–H and O–H groups in total. The lowest BCUT2D eigenvalue weighted by Gasteiger charge is -2.35. The van der Waals surface area contributed by atoms with Crippen LogP contribution in [0.5, 0.6) is 5.75 Å². The Labute approximate surface area is 216 Å². The zero-order valence-electron chi connectivity index (χ0n) is 21.9. The lowest BCUT2D eigenvalue weighted by molar-refractivity contribution is -0.144. The first-order valence-electron chi connectivity index (χ1n) is 12.3. The molecule has 0 saturated carbocycles. The number of carbonyl (C=O) groups excluding carboxylic acids is 2. The molecule has 2 aromatic heterocycles. The van der Waals surface area contributed by atoms with Crippen molar-refractivity contribution in [3.63, 3.8) is 0 Å². The summed E-state index contributed by atoms with van der Waals surface area (Å²) in [6, 6.07) is 9.81. The smallest absolute Gasteiger partial charge is 0.247 e. The van der Waals surface area contributed by atoms with Gasteiger partial charge in [0.1, 0.15) is 24.1 Å². The second-order valence-electron chi connectivity index (χ2n) is 10.1. The van der Waals surface area contributed by atoms with Gasteiger partial charge in [0.15, 0.2) is 5.76 Å². The van der Waals surface area contributed by atoms with Crippen LogP contribution >= 0.6 is 0 Å². The molecule has 3 heterocycles. The zero-order valence-corrected chi connectivity index (χ0v) is 21.9. The minimum Gasteiger partial charge on any atom is -0.497 e. The van der Waals surface area contributed by atoms with Crippen LogP contribution in [0.4, 0.5) is 0 Å². The van der Waals surface area contributed by atoms with Crippen molar-refractivity contribution in [1.29, 1.82) is 0 Å². The minimum absolute atomic E-state index is 0.169. The van der Waals surface area contributed by atoms with E-state index in [9.17, 15) is 9.59 Å². The summed E-state index contributed by atoms with van der Waals surface area (Å²) in [6.45, 7) is 8.21. The van der Waals surface area contributed by atoms with E-state index in [1.165, 1.54) is 4.80 Å². The van der Waals surface area contributed by atoms with Gasteiger partial charge < -0.3 is 24.1 Å². The molecule has 3 aromatic rings. The number of hydrogen-bond donors (Lipinski definition) is 1. The van der Waals surface area contributed by atoms with Crippen molar-refractivity contribution in [3.8, 4) is 17.3 Å². The maximum atomic E-state index is 13.8. The van der Waals surface area contributed by atoms with Crippen LogP contribution < -0.4 is 10.1 Å². The first-order valence-corrected chi connectivity index (χ1v) is 12.3. The van der Waals surface area contributed by atoms with Crippen LogP contribution in [0.15, 0.2) is 40.8 Å². The fraction of sp³-hybridized carbons (Fsp3) is 0.500. The number of furan rings is 1. The average Bonchev–Trinajstić information content (AvgIpc) is 3.60. The van der Waals surface area contributed by atoms with Gasteiger partial charge in [-0.1, -0.05) is 12.1 Å². The van der Waals surface area contributed by atoms with E-state index in [0.29, 0.717) is 23.7 Å². The number of tetrazole rings is 1. The molecule has 0 spiro atoms. The predicted molar refractivity (Wildman–Crippen MR) is 135 cm³/mol. The molecular formula is C26H34N6O5. The molecule has 0 radical (unpaired) electrons. The van der Waals surface area contributed by atoms with Crippen molar-refractivity contribution in [1.82, 2.24) is 30.4 Å². The Morgan fingerprint density at radius 2 is 1.97 bits per heavy atom. The Morgan fingerprint density at radius 3 is 2.57 bits per heavy atom. The summed E-state index contributed by atoms with van der Waals surface area (Å²) < 4.78 is 16.7. The van der Waals surface area contributed by atoms with E-state index in [2.05, 4.69) is 20.7 Å². The van der Waals surface area contributed by atoms with Crippen molar-refractivity contribution >= 4 is 11.8 Å². The number of benzene rings is 1. The van der Waals surface area contributed by atoms with Gasteiger partial charge in [0.2, 0.25) is 17.6 Å². The molecule has 1 aliphatic rings. The Bertz CT molecular complexity index is 1210. The van der Waals surface area contributed by atoms with Crippen molar-refractivity contribution in [2.24, 2.45) is 0 Å². The Morgan fingerprint density at radius 1 is 1.22 bits per heavy atom. The van der Waals surface area contributed by atoms with E-state index in [4.69, 9.17) is 13.9 Å². The highest BCUT2D eigenvalue weighted by Gasteiger charge is 2.36. The van der Waals surface area contributed by atoms with Gasteiger partial charge in [0.05, 0.1) is 13.2 Å². The normalized spacial score (nSPS) is 16.4. The predicted octanol–water partition coefficient (Wildman–Crippen LogP) is 2.91. The summed E-state index contributed by atoms with van der Waals surface area (Å²) in [5.74, 6) is 1.50. The lowest BCUT2D eigenvalue weighted by Crippen LogP contribution is -2.51. The third-order valence-corrected chi connectivity index (χ3v) is 5.92. The van der Waals surface area contributed by atoms with E-state index >= 15 is 0 Å². The van der Waals surface area contributed by atoms with Gasteiger partial charge in [-0.3, -0.25) is 9.59 Å². The summed E-state index contributed by atoms with van der Waals surface area (Å²) in [4.78, 5) is 30.2. The molecule has 2 amide bonds. The first kappa shape index (κ1) is 26.3. The molecule has 11 heteroatoms. The summed E-state index contributed by atoms with van der Waals surface area (Å²) in [6.07, 6.45) is 1.55. The third-order valence-electron chi connectivity index (χ3n) is 5.92. The van der Waals surface area contributed by atoms with Gasteiger partial charge in [0, 0.05) is 18.7 Å². The standard InChI is InChI=1S/C26H34N6O5/c1-17-8-13-21(37-17)24-28-30-32(29-24)16-22(33)31(15-20-7-6-14-36-20)23(25(34)27-26(2,3)4)18-9-11-19(35-5)12-10-18/h8-13,20,23H,6-7,14-16H2,1-5H3,(H,27,34)/t20-,23-/m1/s1. The van der Waals surface area contributed by atoms with E-state index < -0.39 is 11.6 Å². The lowest BCUT2D eigenvalue weighted by atomic mass is 10.0. The van der Waals surface area contributed by atoms with Crippen LogP contribution in [0.25, 0.3) is 11.6 Å². The van der Waals surface area contributed by atoms with Crippen LogP contribution in [-0.4, -0.2) is 68.8 Å². The highest BCUT2D eigenvalue weighted by atomic mass is 16.5. The van der Waals surface area contributed by atoms with E-state index in [1.54, 1.807) is 48.4 Å². The van der Waals surface area contributed by atoms with Crippen molar-refractivity contribution in [2.45, 2.75) is 64.8 Å². The van der Waals surface area contributed by atoms with Crippen molar-refractivity contribution in [3.05, 3.63) is 47.7 Å². The molecule has 0 unspecified atom stereocenters. The monoisotopic (exact) mass is 510 g/mol. The number of nitrogens with zero attached hydrogens (tertiary/aromatic N) is 5. The van der Waals surface area contributed by atoms with Crippen LogP contribution in [0.2, 0.25) is 0 Å². The Hall–Kier alpha value is -3.73. The SMILES string of the molecule is COc1ccc([C@H](C(=O)NC(C)(C)C)N(C[C@H]2CCCO2)C(=O)Cn2nnc(-c3ccc(C)o3)n2)cc1. The largest absolute Gasteiger partial charge is 0.497 e. The van der Waals surface area contributed by atoms with E-state index in [-0.39, 0.29) is 36.8 Å². The fourth-order valence-electron chi connectivity index (χ4n) is 4.23. The quantitative estimate of drug-likeness (QED) is 0.466. The summed E-state index contributed by atoms with van der Waals surface area (Å²) in [7, 11) is 1.58. The molecule has 1 fully saturated rings. The van der Waals surface area contributed by atoms with Crippen molar-refractivity contribution < 1.29 is 23.5 Å². The zero-order chi connectivity index (χ0) is 26.6. The first-order chi connectivity index (χ1) is 17.6. The third kappa shape index (κ3) is 6.73. The maximum Gasteiger partial charge on any atom is 0.247 e. The van der Waals surface area contributed by atoms with Gasteiger partial charge in [-0.25, -0.2) is 0 Å². The number of nitrogens with one attached hydrogen (secondary N) is 1. The number of amides is 2. The number of aryl methyl sites for hydroxylation is 1. The molecular weight excluding hydrogens is 476 g/mol. The second-order valence-corrected chi connectivity index (χ2v) is 10.1. The number of methoxy groups -OCH3 is 1. The van der Waals surface area contributed by atoms with Crippen molar-refractivity contribution in [2.75, 3.05) is 20.3 Å². The van der Waals surface area contributed by atoms with Crippen LogP contribution in [0.1, 0.15) is 51.0 Å². The topological polar surface area (TPSA) is 125 Å². The molecule has 11 nitrogen and oxygen atoms in total. The highest BCUT2D eigenvalue weighted by Crippen LogP contribution is 2.27. The van der Waals surface area contributed by atoms with Crippen LogP contribution in [0, 0.1) is 6.92 Å². The molecule has 0 bridgehead atoms. The van der Waals surface area contributed by atoms with Crippen LogP contribution in [0.3, 0.4) is 0 Å². The van der Waals surface area contributed by atoms with Crippen LogP contribution in [-0.2, 0) is 20.9 Å². The minimum atomic E-state index is -0.891. The van der Waals surface area contributed by atoms with E-state index in [0.717, 1.165) is 18.6 Å². The molecule has 2 atom stereocenters. The molecule has 1 saturated heterocycles. The number of rotatable bonds is 9.